The first-order valence-corrected chi connectivity index (χ1v) is 5.90. The van der Waals surface area contributed by atoms with Gasteiger partial charge in [0.25, 0.3) is 0 Å². The molecule has 0 bridgehead atoms. The van der Waals surface area contributed by atoms with Crippen LogP contribution in [-0.4, -0.2) is 16.9 Å². The minimum absolute atomic E-state index is 0.267. The van der Waals surface area contributed by atoms with Crippen molar-refractivity contribution in [3.05, 3.63) is 46.5 Å². The van der Waals surface area contributed by atoms with Crippen LogP contribution in [0.1, 0.15) is 46.8 Å². The van der Waals surface area contributed by atoms with Crippen molar-refractivity contribution in [2.24, 2.45) is 0 Å². The fourth-order valence-electron chi connectivity index (χ4n) is 2.26. The number of carbonyl (C=O) groups is 2. The van der Waals surface area contributed by atoms with E-state index in [9.17, 15) is 9.59 Å². The predicted octanol–water partition coefficient (Wildman–Crippen LogP) is 3.25. The molecule has 0 saturated heterocycles. The Kier molecular flexibility index (Phi) is 4.43. The lowest BCUT2D eigenvalue weighted by Crippen LogP contribution is -2.05. The Labute approximate surface area is 107 Å². The normalized spacial score (nSPS) is 11.2. The second-order valence-electron chi connectivity index (χ2n) is 4.66. The van der Waals surface area contributed by atoms with Gasteiger partial charge in [-0.15, -0.1) is 0 Å². The average molecular weight is 246 g/mol. The van der Waals surface area contributed by atoms with Gasteiger partial charge in [-0.1, -0.05) is 26.0 Å². The number of carboxylic acid groups (broad SMARTS) is 1. The number of carbonyl (C=O) groups excluding carboxylic acids is 1. The molecule has 3 heteroatoms. The number of hydrogen-bond acceptors (Lipinski definition) is 2. The van der Waals surface area contributed by atoms with Crippen LogP contribution in [0.25, 0.3) is 0 Å². The van der Waals surface area contributed by atoms with Gasteiger partial charge in [0.15, 0.2) is 5.78 Å². The van der Waals surface area contributed by atoms with E-state index in [1.165, 1.54) is 0 Å². The lowest BCUT2D eigenvalue weighted by Gasteiger charge is -2.15. The number of aliphatic carboxylic acids is 1. The molecule has 0 spiro atoms. The molecule has 1 rings (SSSR count). The summed E-state index contributed by atoms with van der Waals surface area (Å²) in [5.74, 6) is -1.05. The Bertz CT molecular complexity index is 511. The zero-order valence-corrected chi connectivity index (χ0v) is 11.2. The van der Waals surface area contributed by atoms with Crippen molar-refractivity contribution in [1.29, 1.82) is 0 Å². The molecule has 0 amide bonds. The lowest BCUT2D eigenvalue weighted by molar-refractivity contribution is -0.131. The molecule has 0 atom stereocenters. The van der Waals surface area contributed by atoms with Crippen LogP contribution < -0.4 is 0 Å². The minimum Gasteiger partial charge on any atom is -0.478 e. The van der Waals surface area contributed by atoms with Gasteiger partial charge in [-0.25, -0.2) is 4.79 Å². The summed E-state index contributed by atoms with van der Waals surface area (Å²) in [6.07, 6.45) is 1.97. The van der Waals surface area contributed by atoms with E-state index in [4.69, 9.17) is 5.11 Å². The van der Waals surface area contributed by atoms with Crippen molar-refractivity contribution in [2.75, 3.05) is 0 Å². The Balaban J connectivity index is 3.23. The van der Waals surface area contributed by atoms with Crippen molar-refractivity contribution < 1.29 is 14.7 Å². The molecule has 3 nitrogen and oxygen atoms in total. The first-order chi connectivity index (χ1) is 8.34. The van der Waals surface area contributed by atoms with E-state index < -0.39 is 5.97 Å². The van der Waals surface area contributed by atoms with Crippen LogP contribution in [0.2, 0.25) is 0 Å². The van der Waals surface area contributed by atoms with Crippen LogP contribution in [0.5, 0.6) is 0 Å². The van der Waals surface area contributed by atoms with E-state index in [0.717, 1.165) is 28.8 Å². The molecule has 0 aromatic heterocycles. The van der Waals surface area contributed by atoms with Crippen LogP contribution in [0, 0.1) is 13.8 Å². The van der Waals surface area contributed by atoms with Gasteiger partial charge >= 0.3 is 5.97 Å². The molecule has 96 valence electrons. The predicted molar refractivity (Wildman–Crippen MR) is 71.1 cm³/mol. The molecule has 1 aromatic rings. The van der Waals surface area contributed by atoms with Crippen LogP contribution in [0.3, 0.4) is 0 Å². The number of benzene rings is 1. The minimum atomic E-state index is -1.11. The van der Waals surface area contributed by atoms with Crippen LogP contribution >= 0.6 is 0 Å². The molecule has 0 fully saturated rings. The summed E-state index contributed by atoms with van der Waals surface area (Å²) in [4.78, 5) is 22.3. The van der Waals surface area contributed by atoms with Gasteiger partial charge in [-0.2, -0.15) is 0 Å². The molecule has 0 aliphatic heterocycles. The zero-order chi connectivity index (χ0) is 13.9. The van der Waals surface area contributed by atoms with E-state index in [1.807, 2.05) is 19.9 Å². The molecule has 0 radical (unpaired) electrons. The standard InChI is InChI=1S/C15H18O3/c1-9(2)15-10(3)5-6-12(11(15)4)13(16)7-8-14(17)18/h5-9H,1-4H3,(H,17,18)/b8-7+. The van der Waals surface area contributed by atoms with Gasteiger partial charge in [-0.3, -0.25) is 4.79 Å². The maximum Gasteiger partial charge on any atom is 0.328 e. The highest BCUT2D eigenvalue weighted by Crippen LogP contribution is 2.26. The largest absolute Gasteiger partial charge is 0.478 e. The summed E-state index contributed by atoms with van der Waals surface area (Å²) in [6, 6.07) is 3.66. The fraction of sp³-hybridized carbons (Fsp3) is 0.333. The second kappa shape index (κ2) is 5.63. The maximum atomic E-state index is 11.9. The highest BCUT2D eigenvalue weighted by Gasteiger charge is 2.14. The van der Waals surface area contributed by atoms with Crippen molar-refractivity contribution in [1.82, 2.24) is 0 Å². The SMILES string of the molecule is Cc1ccc(C(=O)/C=C/C(=O)O)c(C)c1C(C)C. The molecule has 1 N–H and O–H groups in total. The smallest absolute Gasteiger partial charge is 0.328 e. The number of hydrogen-bond donors (Lipinski definition) is 1. The molecule has 1 aromatic carbocycles. The number of allylic oxidation sites excluding steroid dienone is 1. The highest BCUT2D eigenvalue weighted by molar-refractivity contribution is 6.08. The number of ketones is 1. The van der Waals surface area contributed by atoms with Gasteiger partial charge in [0.05, 0.1) is 0 Å². The molecule has 18 heavy (non-hydrogen) atoms. The molecular weight excluding hydrogens is 228 g/mol. The van der Waals surface area contributed by atoms with Gasteiger partial charge in [0, 0.05) is 11.6 Å². The average Bonchev–Trinajstić information content (AvgIpc) is 2.25. The molecule has 0 unspecified atom stereocenters. The van der Waals surface area contributed by atoms with Crippen molar-refractivity contribution in [2.45, 2.75) is 33.6 Å². The monoisotopic (exact) mass is 246 g/mol. The summed E-state index contributed by atoms with van der Waals surface area (Å²) in [5, 5.41) is 8.53. The first-order valence-electron chi connectivity index (χ1n) is 5.90. The first kappa shape index (κ1) is 14.2. The van der Waals surface area contributed by atoms with Gasteiger partial charge in [0.2, 0.25) is 0 Å². The quantitative estimate of drug-likeness (QED) is 0.655. The van der Waals surface area contributed by atoms with E-state index >= 15 is 0 Å². The van der Waals surface area contributed by atoms with Gasteiger partial charge < -0.3 is 5.11 Å². The Morgan fingerprint density at radius 2 is 1.78 bits per heavy atom. The van der Waals surface area contributed by atoms with Gasteiger partial charge in [0.1, 0.15) is 0 Å². The van der Waals surface area contributed by atoms with Crippen molar-refractivity contribution >= 4 is 11.8 Å². The van der Waals surface area contributed by atoms with E-state index in [0.29, 0.717) is 11.5 Å². The molecule has 0 aliphatic rings. The third-order valence-corrected chi connectivity index (χ3v) is 2.95. The summed E-state index contributed by atoms with van der Waals surface area (Å²) in [5.41, 5.74) is 3.82. The lowest BCUT2D eigenvalue weighted by atomic mass is 9.89. The Hall–Kier alpha value is -1.90. The number of aryl methyl sites for hydroxylation is 1. The molecular formula is C15H18O3. The zero-order valence-electron chi connectivity index (χ0n) is 11.2. The molecule has 0 heterocycles. The highest BCUT2D eigenvalue weighted by atomic mass is 16.4. The Morgan fingerprint density at radius 3 is 2.28 bits per heavy atom. The summed E-state index contributed by atoms with van der Waals surface area (Å²) >= 11 is 0. The third kappa shape index (κ3) is 3.06. The number of carboxylic acids is 1. The second-order valence-corrected chi connectivity index (χ2v) is 4.66. The number of rotatable bonds is 4. The van der Waals surface area contributed by atoms with E-state index in [1.54, 1.807) is 6.07 Å². The van der Waals surface area contributed by atoms with Crippen LogP contribution in [0.4, 0.5) is 0 Å². The summed E-state index contributed by atoms with van der Waals surface area (Å²) < 4.78 is 0. The molecule has 0 saturated carbocycles. The summed E-state index contributed by atoms with van der Waals surface area (Å²) in [6.45, 7) is 8.08. The van der Waals surface area contributed by atoms with Gasteiger partial charge in [-0.05, 0) is 42.5 Å². The summed E-state index contributed by atoms with van der Waals surface area (Å²) in [7, 11) is 0. The fourth-order valence-corrected chi connectivity index (χ4v) is 2.26. The van der Waals surface area contributed by atoms with E-state index in [-0.39, 0.29) is 5.78 Å². The topological polar surface area (TPSA) is 54.4 Å². The molecule has 0 aliphatic carbocycles. The third-order valence-electron chi connectivity index (χ3n) is 2.95. The van der Waals surface area contributed by atoms with Crippen LogP contribution in [-0.2, 0) is 4.79 Å². The van der Waals surface area contributed by atoms with E-state index in [2.05, 4.69) is 13.8 Å². The maximum absolute atomic E-state index is 11.9. The van der Waals surface area contributed by atoms with Crippen LogP contribution in [0.15, 0.2) is 24.3 Å². The Morgan fingerprint density at radius 1 is 1.17 bits per heavy atom. The van der Waals surface area contributed by atoms with Crippen molar-refractivity contribution in [3.8, 4) is 0 Å². The van der Waals surface area contributed by atoms with Crippen molar-refractivity contribution in [3.63, 3.8) is 0 Å².